The maximum Gasteiger partial charge on any atom is 0.374 e. The Hall–Kier alpha value is -1.43. The van der Waals surface area contributed by atoms with Gasteiger partial charge in [-0.15, -0.1) is 0 Å². The number of nitrogens with zero attached hydrogens (tertiary/aromatic N) is 2. The number of nitrogens with one attached hydrogen (secondary N) is 1. The Morgan fingerprint density at radius 3 is 2.73 bits per heavy atom. The summed E-state index contributed by atoms with van der Waals surface area (Å²) in [7, 11) is 0. The molecule has 0 radical (unpaired) electrons. The van der Waals surface area contributed by atoms with Crippen LogP contribution in [0.2, 0.25) is 0 Å². The van der Waals surface area contributed by atoms with Crippen molar-refractivity contribution in [3.05, 3.63) is 46.0 Å². The van der Waals surface area contributed by atoms with Crippen LogP contribution in [0, 0.1) is 10.1 Å². The standard InChI is InChI=1S/C9H8BrN3O2/c10-9(13(14)15)8(6-11-12-9)7-4-2-1-3-5-7/h1-6,8,12H. The highest BCUT2D eigenvalue weighted by atomic mass is 79.9. The van der Waals surface area contributed by atoms with E-state index in [1.807, 2.05) is 30.3 Å². The molecule has 0 saturated heterocycles. The van der Waals surface area contributed by atoms with E-state index in [9.17, 15) is 10.1 Å². The second-order valence-electron chi connectivity index (χ2n) is 3.21. The summed E-state index contributed by atoms with van der Waals surface area (Å²) in [5, 5.41) is 14.7. The molecule has 1 N–H and O–H groups in total. The fourth-order valence-electron chi connectivity index (χ4n) is 1.49. The zero-order valence-corrected chi connectivity index (χ0v) is 9.22. The molecule has 1 aliphatic rings. The molecule has 0 saturated carbocycles. The Kier molecular flexibility index (Phi) is 2.44. The fourth-order valence-corrected chi connectivity index (χ4v) is 1.98. The molecule has 0 aromatic heterocycles. The largest absolute Gasteiger partial charge is 0.374 e. The predicted molar refractivity (Wildman–Crippen MR) is 59.5 cm³/mol. The summed E-state index contributed by atoms with van der Waals surface area (Å²) in [4.78, 5) is 10.5. The van der Waals surface area contributed by atoms with Gasteiger partial charge in [0.1, 0.15) is 5.92 Å². The van der Waals surface area contributed by atoms with Gasteiger partial charge in [-0.3, -0.25) is 10.1 Å². The molecule has 1 aromatic rings. The van der Waals surface area contributed by atoms with Crippen molar-refractivity contribution in [2.75, 3.05) is 0 Å². The lowest BCUT2D eigenvalue weighted by molar-refractivity contribution is -0.542. The molecule has 6 heteroatoms. The van der Waals surface area contributed by atoms with Gasteiger partial charge in [-0.05, 0) is 5.56 Å². The Labute approximate surface area is 94.5 Å². The van der Waals surface area contributed by atoms with E-state index in [-0.39, 0.29) is 0 Å². The Bertz CT molecular complexity index is 409. The summed E-state index contributed by atoms with van der Waals surface area (Å²) in [6, 6.07) is 9.22. The lowest BCUT2D eigenvalue weighted by Crippen LogP contribution is -2.45. The van der Waals surface area contributed by atoms with Crippen molar-refractivity contribution in [3.8, 4) is 0 Å². The molecule has 0 bridgehead atoms. The molecule has 2 rings (SSSR count). The van der Waals surface area contributed by atoms with Crippen LogP contribution in [0.1, 0.15) is 11.5 Å². The van der Waals surface area contributed by atoms with Gasteiger partial charge in [-0.2, -0.15) is 5.10 Å². The van der Waals surface area contributed by atoms with Crippen molar-refractivity contribution >= 4 is 22.1 Å². The number of benzene rings is 1. The normalized spacial score (nSPS) is 28.7. The summed E-state index contributed by atoms with van der Waals surface area (Å²) in [5.41, 5.74) is 3.32. The first-order chi connectivity index (χ1) is 7.14. The highest BCUT2D eigenvalue weighted by molar-refractivity contribution is 9.10. The summed E-state index contributed by atoms with van der Waals surface area (Å²) in [5.74, 6) is -0.409. The molecule has 1 heterocycles. The van der Waals surface area contributed by atoms with Crippen LogP contribution in [0.15, 0.2) is 35.4 Å². The Morgan fingerprint density at radius 2 is 2.13 bits per heavy atom. The third-order valence-corrected chi connectivity index (χ3v) is 3.24. The summed E-state index contributed by atoms with van der Waals surface area (Å²) < 4.78 is -1.42. The third kappa shape index (κ3) is 1.61. The third-order valence-electron chi connectivity index (χ3n) is 2.28. The number of hydrogen-bond donors (Lipinski definition) is 1. The number of nitro groups is 1. The first kappa shape index (κ1) is 10.1. The number of hydrazone groups is 1. The van der Waals surface area contributed by atoms with E-state index in [4.69, 9.17) is 0 Å². The van der Waals surface area contributed by atoms with Crippen molar-refractivity contribution in [2.45, 2.75) is 10.5 Å². The van der Waals surface area contributed by atoms with E-state index in [1.165, 1.54) is 6.21 Å². The molecule has 1 aromatic carbocycles. The SMILES string of the molecule is O=[N+]([O-])C1(Br)NN=CC1c1ccccc1. The molecular formula is C9H8BrN3O2. The molecule has 0 fully saturated rings. The van der Waals surface area contributed by atoms with Gasteiger partial charge in [0.25, 0.3) is 0 Å². The quantitative estimate of drug-likeness (QED) is 0.385. The maximum absolute atomic E-state index is 10.9. The monoisotopic (exact) mass is 269 g/mol. The molecule has 2 unspecified atom stereocenters. The van der Waals surface area contributed by atoms with Gasteiger partial charge in [0, 0.05) is 22.1 Å². The lowest BCUT2D eigenvalue weighted by atomic mass is 9.98. The smallest absolute Gasteiger partial charge is 0.261 e. The fraction of sp³-hybridized carbons (Fsp3) is 0.222. The first-order valence-electron chi connectivity index (χ1n) is 4.33. The van der Waals surface area contributed by atoms with Crippen LogP contribution in [0.3, 0.4) is 0 Å². The van der Waals surface area contributed by atoms with Crippen molar-refractivity contribution in [2.24, 2.45) is 5.10 Å². The van der Waals surface area contributed by atoms with E-state index in [1.54, 1.807) is 0 Å². The molecule has 0 aliphatic carbocycles. The van der Waals surface area contributed by atoms with Gasteiger partial charge in [0.2, 0.25) is 0 Å². The topological polar surface area (TPSA) is 67.5 Å². The average Bonchev–Trinajstić information content (AvgIpc) is 2.63. The number of rotatable bonds is 2. The minimum atomic E-state index is -1.42. The number of hydrogen-bond acceptors (Lipinski definition) is 4. The Balaban J connectivity index is 2.37. The second-order valence-corrected chi connectivity index (χ2v) is 4.42. The van der Waals surface area contributed by atoms with Crippen molar-refractivity contribution in [1.82, 2.24) is 5.43 Å². The zero-order chi connectivity index (χ0) is 10.9. The van der Waals surface area contributed by atoms with Crippen LogP contribution >= 0.6 is 15.9 Å². The van der Waals surface area contributed by atoms with E-state index in [0.717, 1.165) is 5.56 Å². The maximum atomic E-state index is 10.9. The van der Waals surface area contributed by atoms with Crippen LogP contribution in [0.4, 0.5) is 0 Å². The molecular weight excluding hydrogens is 262 g/mol. The van der Waals surface area contributed by atoms with Gasteiger partial charge in [-0.25, -0.2) is 5.43 Å². The highest BCUT2D eigenvalue weighted by Gasteiger charge is 2.51. The van der Waals surface area contributed by atoms with Crippen LogP contribution in [0.5, 0.6) is 0 Å². The second kappa shape index (κ2) is 3.62. The van der Waals surface area contributed by atoms with Crippen molar-refractivity contribution < 1.29 is 4.92 Å². The van der Waals surface area contributed by atoms with Gasteiger partial charge >= 0.3 is 4.57 Å². The Morgan fingerprint density at radius 1 is 1.47 bits per heavy atom. The molecule has 78 valence electrons. The summed E-state index contributed by atoms with van der Waals surface area (Å²) >= 11 is 3.08. The van der Waals surface area contributed by atoms with E-state index in [0.29, 0.717) is 0 Å². The minimum Gasteiger partial charge on any atom is -0.261 e. The minimum absolute atomic E-state index is 0.409. The van der Waals surface area contributed by atoms with Crippen LogP contribution in [0.25, 0.3) is 0 Å². The number of alkyl halides is 1. The summed E-state index contributed by atoms with van der Waals surface area (Å²) in [6.07, 6.45) is 1.53. The van der Waals surface area contributed by atoms with E-state index >= 15 is 0 Å². The van der Waals surface area contributed by atoms with Crippen LogP contribution in [-0.2, 0) is 0 Å². The van der Waals surface area contributed by atoms with E-state index in [2.05, 4.69) is 26.5 Å². The zero-order valence-electron chi connectivity index (χ0n) is 7.63. The highest BCUT2D eigenvalue weighted by Crippen LogP contribution is 2.35. The number of halogens is 1. The predicted octanol–water partition coefficient (Wildman–Crippen LogP) is 1.68. The first-order valence-corrected chi connectivity index (χ1v) is 5.12. The average molecular weight is 270 g/mol. The molecule has 1 aliphatic heterocycles. The van der Waals surface area contributed by atoms with Gasteiger partial charge in [0.05, 0.1) is 4.92 Å². The summed E-state index contributed by atoms with van der Waals surface area (Å²) in [6.45, 7) is 0. The lowest BCUT2D eigenvalue weighted by Gasteiger charge is -2.19. The van der Waals surface area contributed by atoms with Crippen molar-refractivity contribution in [3.63, 3.8) is 0 Å². The van der Waals surface area contributed by atoms with Crippen LogP contribution in [-0.4, -0.2) is 15.7 Å². The molecule has 2 atom stereocenters. The van der Waals surface area contributed by atoms with Crippen molar-refractivity contribution in [1.29, 1.82) is 0 Å². The molecule has 0 spiro atoms. The van der Waals surface area contributed by atoms with Gasteiger partial charge < -0.3 is 0 Å². The molecule has 0 amide bonds. The van der Waals surface area contributed by atoms with Crippen LogP contribution < -0.4 is 5.43 Å². The molecule has 15 heavy (non-hydrogen) atoms. The van der Waals surface area contributed by atoms with Gasteiger partial charge in [0.15, 0.2) is 0 Å². The van der Waals surface area contributed by atoms with E-state index < -0.39 is 15.4 Å². The molecule has 5 nitrogen and oxygen atoms in total. The van der Waals surface area contributed by atoms with Gasteiger partial charge in [-0.1, -0.05) is 30.3 Å².